The number of nitrogens with one attached hydrogen (secondary N) is 1. The molecule has 3 atom stereocenters. The van der Waals surface area contributed by atoms with Crippen LogP contribution in [0, 0.1) is 5.92 Å². The van der Waals surface area contributed by atoms with Gasteiger partial charge in [-0.3, -0.25) is 4.79 Å². The minimum absolute atomic E-state index is 0.0408. The smallest absolute Gasteiger partial charge is 0.221 e. The zero-order valence-corrected chi connectivity index (χ0v) is 8.55. The minimum Gasteiger partial charge on any atom is -0.353 e. The van der Waals surface area contributed by atoms with E-state index in [0.717, 1.165) is 19.3 Å². The quantitative estimate of drug-likeness (QED) is 0.670. The average molecular weight is 184 g/mol. The van der Waals surface area contributed by atoms with Crippen molar-refractivity contribution in [3.8, 4) is 0 Å². The van der Waals surface area contributed by atoms with Gasteiger partial charge in [-0.05, 0) is 18.8 Å². The van der Waals surface area contributed by atoms with E-state index >= 15 is 0 Å². The Kier molecular flexibility index (Phi) is 3.72. The molecule has 0 radical (unpaired) electrons. The summed E-state index contributed by atoms with van der Waals surface area (Å²) in [4.78, 5) is 11.3. The van der Waals surface area contributed by atoms with Crippen LogP contribution in [0.4, 0.5) is 0 Å². The first-order chi connectivity index (χ1) is 6.13. The molecule has 3 N–H and O–H groups in total. The SMILES string of the molecule is CCCC(N)CC(=O)NC1CC1C. The molecule has 1 aliphatic carbocycles. The van der Waals surface area contributed by atoms with Crippen molar-refractivity contribution in [1.29, 1.82) is 0 Å². The van der Waals surface area contributed by atoms with Crippen LogP contribution in [0.1, 0.15) is 39.5 Å². The highest BCUT2D eigenvalue weighted by molar-refractivity contribution is 5.77. The lowest BCUT2D eigenvalue weighted by Gasteiger charge is -2.09. The molecule has 0 aromatic carbocycles. The van der Waals surface area contributed by atoms with E-state index in [1.165, 1.54) is 0 Å². The molecule has 0 aromatic rings. The number of hydrogen-bond donors (Lipinski definition) is 2. The average Bonchev–Trinajstić information content (AvgIpc) is 2.65. The van der Waals surface area contributed by atoms with Crippen LogP contribution in [0.3, 0.4) is 0 Å². The van der Waals surface area contributed by atoms with E-state index in [2.05, 4.69) is 19.2 Å². The van der Waals surface area contributed by atoms with Crippen molar-refractivity contribution < 1.29 is 4.79 Å². The molecule has 0 aromatic heterocycles. The molecule has 1 fully saturated rings. The number of rotatable bonds is 5. The van der Waals surface area contributed by atoms with Gasteiger partial charge in [0.1, 0.15) is 0 Å². The normalized spacial score (nSPS) is 28.2. The predicted molar refractivity (Wildman–Crippen MR) is 53.2 cm³/mol. The van der Waals surface area contributed by atoms with E-state index in [9.17, 15) is 4.79 Å². The zero-order valence-electron chi connectivity index (χ0n) is 8.55. The van der Waals surface area contributed by atoms with Crippen LogP contribution in [0.2, 0.25) is 0 Å². The van der Waals surface area contributed by atoms with Crippen LogP contribution in [0.25, 0.3) is 0 Å². The summed E-state index contributed by atoms with van der Waals surface area (Å²) >= 11 is 0. The molecule has 76 valence electrons. The largest absolute Gasteiger partial charge is 0.353 e. The van der Waals surface area contributed by atoms with E-state index < -0.39 is 0 Å². The molecule has 3 unspecified atom stereocenters. The highest BCUT2D eigenvalue weighted by Gasteiger charge is 2.33. The van der Waals surface area contributed by atoms with Crippen LogP contribution < -0.4 is 11.1 Å². The lowest BCUT2D eigenvalue weighted by molar-refractivity contribution is -0.121. The third-order valence-corrected chi connectivity index (χ3v) is 2.56. The van der Waals surface area contributed by atoms with Crippen LogP contribution in [0.15, 0.2) is 0 Å². The Morgan fingerprint density at radius 2 is 2.31 bits per heavy atom. The van der Waals surface area contributed by atoms with E-state index in [0.29, 0.717) is 18.4 Å². The van der Waals surface area contributed by atoms with Crippen LogP contribution in [-0.2, 0) is 4.79 Å². The number of nitrogens with two attached hydrogens (primary N) is 1. The summed E-state index contributed by atoms with van der Waals surface area (Å²) in [7, 11) is 0. The second-order valence-electron chi connectivity index (χ2n) is 4.14. The fourth-order valence-corrected chi connectivity index (χ4v) is 1.50. The van der Waals surface area contributed by atoms with Gasteiger partial charge in [0.05, 0.1) is 0 Å². The Morgan fingerprint density at radius 1 is 1.69 bits per heavy atom. The summed E-state index contributed by atoms with van der Waals surface area (Å²) in [6, 6.07) is 0.473. The van der Waals surface area contributed by atoms with Crippen molar-refractivity contribution >= 4 is 5.91 Å². The zero-order chi connectivity index (χ0) is 9.84. The van der Waals surface area contributed by atoms with Crippen molar-refractivity contribution in [3.63, 3.8) is 0 Å². The highest BCUT2D eigenvalue weighted by Crippen LogP contribution is 2.28. The summed E-state index contributed by atoms with van der Waals surface area (Å²) in [6.45, 7) is 4.23. The van der Waals surface area contributed by atoms with Gasteiger partial charge < -0.3 is 11.1 Å². The first-order valence-electron chi connectivity index (χ1n) is 5.18. The second kappa shape index (κ2) is 4.61. The molecule has 3 nitrogen and oxygen atoms in total. The summed E-state index contributed by atoms with van der Waals surface area (Å²) in [5.74, 6) is 0.793. The molecule has 0 spiro atoms. The number of carbonyl (C=O) groups is 1. The fraction of sp³-hybridized carbons (Fsp3) is 0.900. The van der Waals surface area contributed by atoms with Crippen LogP contribution >= 0.6 is 0 Å². The van der Waals surface area contributed by atoms with Gasteiger partial charge in [-0.15, -0.1) is 0 Å². The van der Waals surface area contributed by atoms with Crippen molar-refractivity contribution in [3.05, 3.63) is 0 Å². The lowest BCUT2D eigenvalue weighted by Crippen LogP contribution is -2.33. The maximum Gasteiger partial charge on any atom is 0.221 e. The summed E-state index contributed by atoms with van der Waals surface area (Å²) in [5, 5.41) is 2.97. The van der Waals surface area contributed by atoms with Crippen molar-refractivity contribution in [2.24, 2.45) is 11.7 Å². The van der Waals surface area contributed by atoms with Gasteiger partial charge in [-0.25, -0.2) is 0 Å². The molecule has 0 bridgehead atoms. The van der Waals surface area contributed by atoms with Gasteiger partial charge in [0.15, 0.2) is 0 Å². The third kappa shape index (κ3) is 3.77. The predicted octanol–water partition coefficient (Wildman–Crippen LogP) is 1.03. The number of carbonyl (C=O) groups excluding carboxylic acids is 1. The van der Waals surface area contributed by atoms with Gasteiger partial charge in [0.25, 0.3) is 0 Å². The maximum absolute atomic E-state index is 11.3. The summed E-state index contributed by atoms with van der Waals surface area (Å²) in [5.41, 5.74) is 5.76. The Bertz CT molecular complexity index is 182. The third-order valence-electron chi connectivity index (χ3n) is 2.56. The summed E-state index contributed by atoms with van der Waals surface area (Å²) < 4.78 is 0. The molecule has 1 rings (SSSR count). The summed E-state index contributed by atoms with van der Waals surface area (Å²) in [6.07, 6.45) is 3.60. The Labute approximate surface area is 80.1 Å². The monoisotopic (exact) mass is 184 g/mol. The first kappa shape index (κ1) is 10.5. The van der Waals surface area contributed by atoms with Crippen molar-refractivity contribution in [2.75, 3.05) is 0 Å². The Morgan fingerprint density at radius 3 is 2.77 bits per heavy atom. The molecular weight excluding hydrogens is 164 g/mol. The molecule has 3 heteroatoms. The maximum atomic E-state index is 11.3. The molecule has 0 heterocycles. The molecule has 1 amide bonds. The number of hydrogen-bond acceptors (Lipinski definition) is 2. The minimum atomic E-state index is 0.0408. The first-order valence-corrected chi connectivity index (χ1v) is 5.18. The molecule has 0 saturated heterocycles. The Hall–Kier alpha value is -0.570. The standard InChI is InChI=1S/C10H20N2O/c1-3-4-8(11)6-10(13)12-9-5-7(9)2/h7-9H,3-6,11H2,1-2H3,(H,12,13). The van der Waals surface area contributed by atoms with E-state index in [1.54, 1.807) is 0 Å². The molecule has 1 saturated carbocycles. The molecule has 1 aliphatic rings. The van der Waals surface area contributed by atoms with E-state index in [1.807, 2.05) is 0 Å². The second-order valence-corrected chi connectivity index (χ2v) is 4.14. The molecule has 0 aliphatic heterocycles. The highest BCUT2D eigenvalue weighted by atomic mass is 16.1. The fourth-order valence-electron chi connectivity index (χ4n) is 1.50. The van der Waals surface area contributed by atoms with Gasteiger partial charge >= 0.3 is 0 Å². The van der Waals surface area contributed by atoms with Crippen molar-refractivity contribution in [2.45, 2.75) is 51.6 Å². The van der Waals surface area contributed by atoms with E-state index in [4.69, 9.17) is 5.73 Å². The topological polar surface area (TPSA) is 55.1 Å². The van der Waals surface area contributed by atoms with Gasteiger partial charge in [-0.2, -0.15) is 0 Å². The molecule has 13 heavy (non-hydrogen) atoms. The lowest BCUT2D eigenvalue weighted by atomic mass is 10.1. The van der Waals surface area contributed by atoms with Crippen LogP contribution in [0.5, 0.6) is 0 Å². The van der Waals surface area contributed by atoms with Gasteiger partial charge in [0.2, 0.25) is 5.91 Å². The van der Waals surface area contributed by atoms with Crippen LogP contribution in [-0.4, -0.2) is 18.0 Å². The number of amides is 1. The van der Waals surface area contributed by atoms with Crippen molar-refractivity contribution in [1.82, 2.24) is 5.32 Å². The Balaban J connectivity index is 2.10. The van der Waals surface area contributed by atoms with E-state index in [-0.39, 0.29) is 11.9 Å². The van der Waals surface area contributed by atoms with Gasteiger partial charge in [-0.1, -0.05) is 20.3 Å². The molecular formula is C10H20N2O. The van der Waals surface area contributed by atoms with Gasteiger partial charge in [0, 0.05) is 18.5 Å².